The summed E-state index contributed by atoms with van der Waals surface area (Å²) in [5.41, 5.74) is 0. The first kappa shape index (κ1) is 15.0. The van der Waals surface area contributed by atoms with Crippen LogP contribution in [0.5, 0.6) is 5.75 Å². The van der Waals surface area contributed by atoms with Crippen molar-refractivity contribution in [3.63, 3.8) is 0 Å². The first-order valence-electron chi connectivity index (χ1n) is 3.67. The maximum absolute atomic E-state index is 4.91. The van der Waals surface area contributed by atoms with E-state index in [-0.39, 0.29) is 0 Å². The van der Waals surface area contributed by atoms with Crippen LogP contribution in [0.25, 0.3) is 0 Å². The molecule has 0 amide bonds. The summed E-state index contributed by atoms with van der Waals surface area (Å²) >= 11 is 4.24. The Balaban J connectivity index is 0. The van der Waals surface area contributed by atoms with Crippen LogP contribution in [0.4, 0.5) is 0 Å². The second-order valence-electron chi connectivity index (χ2n) is 1.52. The molecular formula is C9H14I2O. The molecule has 1 aromatic carbocycles. The third-order valence-electron chi connectivity index (χ3n) is 0.979. The number of para-hydroxylation sites is 1. The van der Waals surface area contributed by atoms with Crippen molar-refractivity contribution in [1.29, 1.82) is 0 Å². The van der Waals surface area contributed by atoms with Gasteiger partial charge in [-0.1, -0.05) is 32.0 Å². The highest BCUT2D eigenvalue weighted by Crippen LogP contribution is 2.05. The molecule has 0 aromatic heterocycles. The van der Waals surface area contributed by atoms with E-state index in [2.05, 4.69) is 37.2 Å². The molecule has 0 unspecified atom stereocenters. The van der Waals surface area contributed by atoms with Gasteiger partial charge in [-0.25, -0.2) is 0 Å². The molecule has 0 saturated heterocycles. The molecule has 0 heterocycles. The highest BCUT2D eigenvalue weighted by Gasteiger charge is 1.80. The van der Waals surface area contributed by atoms with Gasteiger partial charge in [0, 0.05) is 37.2 Å². The first-order chi connectivity index (χ1) is 5.93. The molecule has 0 aliphatic carbocycles. The van der Waals surface area contributed by atoms with E-state index in [0.29, 0.717) is 0 Å². The molecule has 3 heteroatoms. The van der Waals surface area contributed by atoms with Crippen molar-refractivity contribution in [3.05, 3.63) is 30.3 Å². The minimum atomic E-state index is 0.910. The van der Waals surface area contributed by atoms with Crippen LogP contribution in [-0.4, -0.2) is 7.11 Å². The molecule has 0 N–H and O–H groups in total. The predicted octanol–water partition coefficient (Wildman–Crippen LogP) is 4.49. The van der Waals surface area contributed by atoms with Gasteiger partial charge >= 0.3 is 0 Å². The Labute approximate surface area is 98.2 Å². The van der Waals surface area contributed by atoms with E-state index in [9.17, 15) is 0 Å². The fourth-order valence-electron chi connectivity index (χ4n) is 0.557. The first-order valence-corrected chi connectivity index (χ1v) is 9.95. The minimum absolute atomic E-state index is 0.910. The summed E-state index contributed by atoms with van der Waals surface area (Å²) in [7, 11) is 1.66. The van der Waals surface area contributed by atoms with E-state index in [1.54, 1.807) is 7.11 Å². The summed E-state index contributed by atoms with van der Waals surface area (Å²) in [5.74, 6) is 0.910. The van der Waals surface area contributed by atoms with Crippen molar-refractivity contribution in [1.82, 2.24) is 0 Å². The quantitative estimate of drug-likeness (QED) is 0.641. The van der Waals surface area contributed by atoms with Crippen molar-refractivity contribution in [3.8, 4) is 5.75 Å². The summed E-state index contributed by atoms with van der Waals surface area (Å²) < 4.78 is 4.91. The maximum Gasteiger partial charge on any atom is 0.118 e. The second kappa shape index (κ2) is 14.0. The van der Waals surface area contributed by atoms with Crippen LogP contribution in [0.1, 0.15) is 13.8 Å². The van der Waals surface area contributed by atoms with E-state index in [1.807, 2.05) is 44.2 Å². The fraction of sp³-hybridized carbons (Fsp3) is 0.333. The lowest BCUT2D eigenvalue weighted by molar-refractivity contribution is 0.415. The molecule has 0 aliphatic rings. The number of halogens is 2. The molecule has 0 saturated carbocycles. The minimum Gasteiger partial charge on any atom is -0.497 e. The van der Waals surface area contributed by atoms with Crippen molar-refractivity contribution >= 4 is 37.2 Å². The molecule has 0 spiro atoms. The van der Waals surface area contributed by atoms with Gasteiger partial charge in [0.05, 0.1) is 7.11 Å². The summed E-state index contributed by atoms with van der Waals surface area (Å²) in [4.78, 5) is 0. The molecule has 70 valence electrons. The average Bonchev–Trinajstić information content (AvgIpc) is 2.25. The molecule has 12 heavy (non-hydrogen) atoms. The Morgan fingerprint density at radius 3 is 1.67 bits per heavy atom. The molecular weight excluding hydrogens is 378 g/mol. The van der Waals surface area contributed by atoms with Gasteiger partial charge in [0.25, 0.3) is 0 Å². The van der Waals surface area contributed by atoms with Crippen LogP contribution < -0.4 is 4.74 Å². The Morgan fingerprint density at radius 1 is 1.00 bits per heavy atom. The summed E-state index contributed by atoms with van der Waals surface area (Å²) in [6, 6.07) is 9.68. The zero-order valence-corrected chi connectivity index (χ0v) is 11.9. The summed E-state index contributed by atoms with van der Waals surface area (Å²) in [6.45, 7) is 4.00. The molecule has 1 nitrogen and oxygen atoms in total. The lowest BCUT2D eigenvalue weighted by Gasteiger charge is -1.93. The lowest BCUT2D eigenvalue weighted by atomic mass is 10.3. The Kier molecular flexibility index (Phi) is 17.5. The molecule has 1 rings (SSSR count). The smallest absolute Gasteiger partial charge is 0.118 e. The van der Waals surface area contributed by atoms with Crippen molar-refractivity contribution < 1.29 is 4.74 Å². The molecule has 0 radical (unpaired) electrons. The van der Waals surface area contributed by atoms with Gasteiger partial charge in [-0.3, -0.25) is 0 Å². The maximum atomic E-state index is 4.91. The van der Waals surface area contributed by atoms with Crippen molar-refractivity contribution in [2.75, 3.05) is 7.11 Å². The fourth-order valence-corrected chi connectivity index (χ4v) is 0.557. The monoisotopic (exact) mass is 392 g/mol. The third kappa shape index (κ3) is 8.58. The van der Waals surface area contributed by atoms with Gasteiger partial charge < -0.3 is 4.74 Å². The van der Waals surface area contributed by atoms with Gasteiger partial charge in [-0.15, -0.1) is 0 Å². The topological polar surface area (TPSA) is 9.23 Å². The SMILES string of the molecule is CC.COc1ccccc1.II. The number of benzene rings is 1. The Hall–Kier alpha value is 0.480. The Morgan fingerprint density at radius 2 is 1.42 bits per heavy atom. The van der Waals surface area contributed by atoms with Crippen LogP contribution >= 0.6 is 37.2 Å². The highest BCUT2D eigenvalue weighted by molar-refractivity contribution is 15.0. The molecule has 0 fully saturated rings. The molecule has 0 bridgehead atoms. The average molecular weight is 392 g/mol. The standard InChI is InChI=1S/C7H8O.C2H6.I2/c1-8-7-5-3-2-4-6-7;2*1-2/h2-6H,1H3;1-2H3;. The van der Waals surface area contributed by atoms with Crippen molar-refractivity contribution in [2.24, 2.45) is 0 Å². The van der Waals surface area contributed by atoms with Gasteiger partial charge in [0.15, 0.2) is 0 Å². The summed E-state index contributed by atoms with van der Waals surface area (Å²) in [6.07, 6.45) is 0. The number of hydrogen-bond acceptors (Lipinski definition) is 1. The number of hydrogen-bond donors (Lipinski definition) is 0. The molecule has 0 atom stereocenters. The largest absolute Gasteiger partial charge is 0.497 e. The van der Waals surface area contributed by atoms with E-state index in [0.717, 1.165) is 5.75 Å². The van der Waals surface area contributed by atoms with Gasteiger partial charge in [-0.2, -0.15) is 0 Å². The van der Waals surface area contributed by atoms with Gasteiger partial charge in [-0.05, 0) is 12.1 Å². The van der Waals surface area contributed by atoms with E-state index < -0.39 is 0 Å². The predicted molar refractivity (Wildman–Crippen MR) is 72.4 cm³/mol. The number of rotatable bonds is 1. The van der Waals surface area contributed by atoms with Crippen LogP contribution in [0.2, 0.25) is 0 Å². The highest BCUT2D eigenvalue weighted by atomic mass is 128. The third-order valence-corrected chi connectivity index (χ3v) is 0.979. The second-order valence-corrected chi connectivity index (χ2v) is 1.52. The van der Waals surface area contributed by atoms with E-state index >= 15 is 0 Å². The van der Waals surface area contributed by atoms with Gasteiger partial charge in [0.2, 0.25) is 0 Å². The Bertz CT molecular complexity index is 154. The number of methoxy groups -OCH3 is 1. The lowest BCUT2D eigenvalue weighted by Crippen LogP contribution is -1.78. The van der Waals surface area contributed by atoms with E-state index in [4.69, 9.17) is 4.74 Å². The van der Waals surface area contributed by atoms with Crippen LogP contribution in [0, 0.1) is 0 Å². The zero-order chi connectivity index (χ0) is 9.82. The molecule has 0 aliphatic heterocycles. The molecule has 1 aromatic rings. The number of ether oxygens (including phenoxy) is 1. The normalized spacial score (nSPS) is 6.75. The zero-order valence-electron chi connectivity index (χ0n) is 7.55. The van der Waals surface area contributed by atoms with E-state index in [1.165, 1.54) is 0 Å². The van der Waals surface area contributed by atoms with Gasteiger partial charge in [0.1, 0.15) is 5.75 Å². The van der Waals surface area contributed by atoms with Crippen LogP contribution in [-0.2, 0) is 0 Å². The van der Waals surface area contributed by atoms with Crippen LogP contribution in [0.3, 0.4) is 0 Å². The summed E-state index contributed by atoms with van der Waals surface area (Å²) in [5, 5.41) is 0. The van der Waals surface area contributed by atoms with Crippen molar-refractivity contribution in [2.45, 2.75) is 13.8 Å². The van der Waals surface area contributed by atoms with Crippen LogP contribution in [0.15, 0.2) is 30.3 Å².